The van der Waals surface area contributed by atoms with E-state index in [0.717, 1.165) is 54.9 Å². The zero-order valence-electron chi connectivity index (χ0n) is 16.8. The average Bonchev–Trinajstić information content (AvgIpc) is 3.10. The second kappa shape index (κ2) is 9.51. The summed E-state index contributed by atoms with van der Waals surface area (Å²) < 4.78 is 0. The largest absolute Gasteiger partial charge is 0.342 e. The minimum Gasteiger partial charge on any atom is -0.342 e. The van der Waals surface area contributed by atoms with E-state index in [4.69, 9.17) is 0 Å². The van der Waals surface area contributed by atoms with Crippen LogP contribution in [0.3, 0.4) is 0 Å². The molecule has 1 heterocycles. The van der Waals surface area contributed by atoms with Crippen molar-refractivity contribution in [1.82, 2.24) is 4.90 Å². The Morgan fingerprint density at radius 2 is 1.96 bits per heavy atom. The summed E-state index contributed by atoms with van der Waals surface area (Å²) in [5, 5.41) is 5.18. The number of aryl methyl sites for hydroxylation is 2. The summed E-state index contributed by atoms with van der Waals surface area (Å²) in [6.45, 7) is 6.46. The van der Waals surface area contributed by atoms with Crippen molar-refractivity contribution in [1.29, 1.82) is 0 Å². The molecule has 0 bridgehead atoms. The number of carbonyl (C=O) groups excluding carboxylic acids is 2. The van der Waals surface area contributed by atoms with Crippen LogP contribution in [0.5, 0.6) is 0 Å². The lowest BCUT2D eigenvalue weighted by Gasteiger charge is -2.19. The van der Waals surface area contributed by atoms with Gasteiger partial charge in [-0.1, -0.05) is 42.5 Å². The Labute approximate surface area is 167 Å². The van der Waals surface area contributed by atoms with E-state index in [0.29, 0.717) is 6.42 Å². The molecule has 1 aliphatic heterocycles. The molecule has 3 rings (SSSR count). The number of likely N-dealkylation sites (tertiary alicyclic amines) is 1. The van der Waals surface area contributed by atoms with Gasteiger partial charge in [0.05, 0.1) is 6.54 Å². The highest BCUT2D eigenvalue weighted by molar-refractivity contribution is 5.95. The van der Waals surface area contributed by atoms with Gasteiger partial charge in [-0.15, -0.1) is 0 Å². The summed E-state index contributed by atoms with van der Waals surface area (Å²) in [6.07, 6.45) is 2.52. The molecule has 1 fully saturated rings. The van der Waals surface area contributed by atoms with Crippen LogP contribution in [0.15, 0.2) is 48.5 Å². The fourth-order valence-corrected chi connectivity index (χ4v) is 3.64. The molecule has 5 nitrogen and oxygen atoms in total. The van der Waals surface area contributed by atoms with E-state index in [1.165, 1.54) is 0 Å². The number of nitrogens with two attached hydrogens (primary N) is 1. The van der Waals surface area contributed by atoms with Gasteiger partial charge in [0.1, 0.15) is 0 Å². The highest BCUT2D eigenvalue weighted by Crippen LogP contribution is 2.18. The highest BCUT2D eigenvalue weighted by Gasteiger charge is 2.25. The molecule has 2 amide bonds. The number of rotatable bonds is 8. The second-order valence-corrected chi connectivity index (χ2v) is 7.56. The third-order valence-electron chi connectivity index (χ3n) is 5.30. The third-order valence-corrected chi connectivity index (χ3v) is 5.30. The van der Waals surface area contributed by atoms with Gasteiger partial charge in [0.25, 0.3) is 5.91 Å². The standard InChI is InChI=1S/C23H29N3O2/c1-17-11-12-18(2)20(16-17)25-23(28)22(19-8-4-3-5-9-19)24-13-7-15-26-14-6-10-21(26)27/h3-5,8-9,11-12,16,22,24H,6-7,10,13-15H2,1-2H3,(H,25,28)/p+1/t22-/m0/s1. The maximum absolute atomic E-state index is 13.1. The Hall–Kier alpha value is -2.66. The van der Waals surface area contributed by atoms with E-state index in [9.17, 15) is 9.59 Å². The van der Waals surface area contributed by atoms with E-state index in [1.807, 2.05) is 67.3 Å². The van der Waals surface area contributed by atoms with Gasteiger partial charge in [-0.25, -0.2) is 0 Å². The van der Waals surface area contributed by atoms with Crippen LogP contribution in [-0.2, 0) is 9.59 Å². The molecule has 0 unspecified atom stereocenters. The van der Waals surface area contributed by atoms with Gasteiger partial charge in [-0.3, -0.25) is 9.59 Å². The minimum atomic E-state index is -0.310. The first-order valence-electron chi connectivity index (χ1n) is 10.1. The Morgan fingerprint density at radius 3 is 2.68 bits per heavy atom. The van der Waals surface area contributed by atoms with Crippen molar-refractivity contribution in [2.24, 2.45) is 0 Å². The number of amides is 2. The van der Waals surface area contributed by atoms with Crippen LogP contribution in [0.25, 0.3) is 0 Å². The number of anilines is 1. The molecule has 0 radical (unpaired) electrons. The second-order valence-electron chi connectivity index (χ2n) is 7.56. The monoisotopic (exact) mass is 380 g/mol. The number of hydrogen-bond donors (Lipinski definition) is 2. The first kappa shape index (κ1) is 20.1. The van der Waals surface area contributed by atoms with Gasteiger partial charge in [-0.2, -0.15) is 0 Å². The van der Waals surface area contributed by atoms with Gasteiger partial charge in [0, 0.05) is 37.2 Å². The number of nitrogens with one attached hydrogen (secondary N) is 1. The molecule has 2 aromatic rings. The Bertz CT molecular complexity index is 820. The minimum absolute atomic E-state index is 0.0165. The molecular weight excluding hydrogens is 350 g/mol. The number of carbonyl (C=O) groups is 2. The first-order chi connectivity index (χ1) is 13.5. The SMILES string of the molecule is Cc1ccc(C)c(NC(=O)[C@@H]([NH2+]CCCN2CCCC2=O)c2ccccc2)c1. The van der Waals surface area contributed by atoms with Crippen LogP contribution in [0, 0.1) is 13.8 Å². The predicted octanol–water partition coefficient (Wildman–Crippen LogP) is 2.56. The van der Waals surface area contributed by atoms with Crippen LogP contribution in [-0.4, -0.2) is 36.3 Å². The summed E-state index contributed by atoms with van der Waals surface area (Å²) in [5.74, 6) is 0.240. The summed E-state index contributed by atoms with van der Waals surface area (Å²) in [5.41, 5.74) is 4.03. The van der Waals surface area contributed by atoms with E-state index >= 15 is 0 Å². The molecule has 1 atom stereocenters. The normalized spacial score (nSPS) is 14.9. The molecular formula is C23H30N3O2+. The lowest BCUT2D eigenvalue weighted by molar-refractivity contribution is -0.682. The van der Waals surface area contributed by atoms with Crippen LogP contribution in [0.2, 0.25) is 0 Å². The average molecular weight is 381 g/mol. The van der Waals surface area contributed by atoms with E-state index < -0.39 is 0 Å². The molecule has 0 aromatic heterocycles. The van der Waals surface area contributed by atoms with Gasteiger partial charge in [0.2, 0.25) is 5.91 Å². The van der Waals surface area contributed by atoms with Crippen molar-refractivity contribution >= 4 is 17.5 Å². The summed E-state index contributed by atoms with van der Waals surface area (Å²) >= 11 is 0. The zero-order valence-corrected chi connectivity index (χ0v) is 16.8. The Morgan fingerprint density at radius 1 is 1.18 bits per heavy atom. The maximum atomic E-state index is 13.1. The van der Waals surface area contributed by atoms with Gasteiger partial charge in [0.15, 0.2) is 6.04 Å². The van der Waals surface area contributed by atoms with Crippen LogP contribution in [0.4, 0.5) is 5.69 Å². The Kier molecular flexibility index (Phi) is 6.82. The predicted molar refractivity (Wildman–Crippen MR) is 111 cm³/mol. The van der Waals surface area contributed by atoms with Gasteiger partial charge >= 0.3 is 0 Å². The van der Waals surface area contributed by atoms with Crippen molar-refractivity contribution in [2.45, 2.75) is 39.2 Å². The highest BCUT2D eigenvalue weighted by atomic mass is 16.2. The Balaban J connectivity index is 1.64. The number of hydrogen-bond acceptors (Lipinski definition) is 2. The third kappa shape index (κ3) is 5.20. The van der Waals surface area contributed by atoms with E-state index in [1.54, 1.807) is 0 Å². The van der Waals surface area contributed by atoms with Crippen LogP contribution in [0.1, 0.15) is 42.0 Å². The lowest BCUT2D eigenvalue weighted by atomic mass is 10.0. The first-order valence-corrected chi connectivity index (χ1v) is 10.1. The number of quaternary nitrogens is 1. The molecule has 0 saturated carbocycles. The molecule has 0 spiro atoms. The lowest BCUT2D eigenvalue weighted by Crippen LogP contribution is -2.87. The summed E-state index contributed by atoms with van der Waals surface area (Å²) in [6, 6.07) is 15.6. The summed E-state index contributed by atoms with van der Waals surface area (Å²) in [4.78, 5) is 26.8. The molecule has 3 N–H and O–H groups in total. The number of benzene rings is 2. The van der Waals surface area contributed by atoms with Crippen LogP contribution >= 0.6 is 0 Å². The quantitative estimate of drug-likeness (QED) is 0.691. The van der Waals surface area contributed by atoms with Crippen molar-refractivity contribution in [3.8, 4) is 0 Å². The van der Waals surface area contributed by atoms with Crippen molar-refractivity contribution in [2.75, 3.05) is 25.0 Å². The molecule has 5 heteroatoms. The van der Waals surface area contributed by atoms with Crippen LogP contribution < -0.4 is 10.6 Å². The topological polar surface area (TPSA) is 66.0 Å². The zero-order chi connectivity index (χ0) is 19.9. The summed E-state index contributed by atoms with van der Waals surface area (Å²) in [7, 11) is 0. The smallest absolute Gasteiger partial charge is 0.287 e. The maximum Gasteiger partial charge on any atom is 0.287 e. The fourth-order valence-electron chi connectivity index (χ4n) is 3.64. The molecule has 28 heavy (non-hydrogen) atoms. The van der Waals surface area contributed by atoms with Gasteiger partial charge in [-0.05, 0) is 37.5 Å². The molecule has 1 saturated heterocycles. The van der Waals surface area contributed by atoms with E-state index in [2.05, 4.69) is 10.6 Å². The fraction of sp³-hybridized carbons (Fsp3) is 0.391. The van der Waals surface area contributed by atoms with E-state index in [-0.39, 0.29) is 17.9 Å². The van der Waals surface area contributed by atoms with Crippen molar-refractivity contribution in [3.63, 3.8) is 0 Å². The molecule has 0 aliphatic carbocycles. The molecule has 2 aromatic carbocycles. The molecule has 1 aliphatic rings. The van der Waals surface area contributed by atoms with Gasteiger partial charge < -0.3 is 15.5 Å². The molecule has 148 valence electrons. The van der Waals surface area contributed by atoms with Crippen molar-refractivity contribution < 1.29 is 14.9 Å². The van der Waals surface area contributed by atoms with Crippen molar-refractivity contribution in [3.05, 3.63) is 65.2 Å². The number of nitrogens with zero attached hydrogens (tertiary/aromatic N) is 1.